The number of alkyl halides is 1. The molecule has 1 heterocycles. The summed E-state index contributed by atoms with van der Waals surface area (Å²) in [5.74, 6) is -0.185. The van der Waals surface area contributed by atoms with Crippen molar-refractivity contribution in [2.75, 3.05) is 5.01 Å². The van der Waals surface area contributed by atoms with E-state index in [-0.39, 0.29) is 5.91 Å². The van der Waals surface area contributed by atoms with Gasteiger partial charge < -0.3 is 0 Å². The number of hydrazone groups is 1. The van der Waals surface area contributed by atoms with Gasteiger partial charge in [-0.05, 0) is 19.1 Å². The number of para-hydroxylation sites is 1. The van der Waals surface area contributed by atoms with Crippen LogP contribution in [0.4, 0.5) is 5.69 Å². The van der Waals surface area contributed by atoms with Crippen LogP contribution in [-0.4, -0.2) is 17.0 Å². The molecule has 1 aliphatic rings. The molecule has 2 rings (SSSR count). The predicted molar refractivity (Wildman–Crippen MR) is 56.7 cm³/mol. The zero-order valence-electron chi connectivity index (χ0n) is 7.64. The second-order valence-electron chi connectivity index (χ2n) is 3.09. The molecule has 3 nitrogen and oxygen atoms in total. The molecule has 0 aliphatic carbocycles. The van der Waals surface area contributed by atoms with Crippen LogP contribution >= 0.6 is 11.6 Å². The third-order valence-corrected chi connectivity index (χ3v) is 2.55. The van der Waals surface area contributed by atoms with Gasteiger partial charge in [0.05, 0.1) is 11.4 Å². The minimum atomic E-state index is -0.616. The standard InChI is InChI=1S/C10H9ClN2O/c1-7-9(11)10(14)13(12-7)8-5-3-2-4-6-8/h2-6,9H,1H3/t9-/m0/s1. The summed E-state index contributed by atoms with van der Waals surface area (Å²) in [5.41, 5.74) is 1.39. The smallest absolute Gasteiger partial charge is 0.270 e. The second kappa shape index (κ2) is 3.42. The Labute approximate surface area is 87.0 Å². The lowest BCUT2D eigenvalue weighted by Crippen LogP contribution is -2.27. The monoisotopic (exact) mass is 208 g/mol. The molecule has 0 unspecified atom stereocenters. The van der Waals surface area contributed by atoms with Crippen molar-refractivity contribution in [3.63, 3.8) is 0 Å². The number of nitrogens with zero attached hydrogens (tertiary/aromatic N) is 2. The first-order chi connectivity index (χ1) is 6.70. The molecule has 1 atom stereocenters. The highest BCUT2D eigenvalue weighted by Gasteiger charge is 2.32. The SMILES string of the molecule is CC1=NN(c2ccccc2)C(=O)[C@H]1Cl. The minimum absolute atomic E-state index is 0.185. The highest BCUT2D eigenvalue weighted by molar-refractivity contribution is 6.46. The van der Waals surface area contributed by atoms with Crippen LogP contribution in [0.25, 0.3) is 0 Å². The van der Waals surface area contributed by atoms with Crippen molar-refractivity contribution < 1.29 is 4.79 Å². The molecule has 0 radical (unpaired) electrons. The average Bonchev–Trinajstić information content (AvgIpc) is 2.47. The quantitative estimate of drug-likeness (QED) is 0.650. The molecule has 14 heavy (non-hydrogen) atoms. The third-order valence-electron chi connectivity index (χ3n) is 2.05. The maximum atomic E-state index is 11.6. The Balaban J connectivity index is 2.35. The summed E-state index contributed by atoms with van der Waals surface area (Å²) in [5, 5.41) is 4.81. The van der Waals surface area contributed by atoms with E-state index in [1.807, 2.05) is 30.3 Å². The molecule has 0 fully saturated rings. The van der Waals surface area contributed by atoms with Gasteiger partial charge in [0.15, 0.2) is 5.38 Å². The lowest BCUT2D eigenvalue weighted by molar-refractivity contribution is -0.116. The van der Waals surface area contributed by atoms with Crippen LogP contribution in [0.1, 0.15) is 6.92 Å². The number of rotatable bonds is 1. The number of halogens is 1. The summed E-state index contributed by atoms with van der Waals surface area (Å²) in [7, 11) is 0. The van der Waals surface area contributed by atoms with Gasteiger partial charge in [0.25, 0.3) is 5.91 Å². The molecule has 72 valence electrons. The van der Waals surface area contributed by atoms with Crippen LogP contribution in [0.2, 0.25) is 0 Å². The largest absolute Gasteiger partial charge is 0.271 e. The van der Waals surface area contributed by atoms with E-state index in [2.05, 4.69) is 5.10 Å². The highest BCUT2D eigenvalue weighted by atomic mass is 35.5. The Morgan fingerprint density at radius 3 is 2.50 bits per heavy atom. The molecule has 0 aromatic heterocycles. The lowest BCUT2D eigenvalue weighted by Gasteiger charge is -2.11. The first-order valence-electron chi connectivity index (χ1n) is 4.28. The zero-order chi connectivity index (χ0) is 10.1. The van der Waals surface area contributed by atoms with Gasteiger partial charge in [0.2, 0.25) is 0 Å². The van der Waals surface area contributed by atoms with Gasteiger partial charge in [-0.3, -0.25) is 4.79 Å². The Morgan fingerprint density at radius 2 is 2.00 bits per heavy atom. The van der Waals surface area contributed by atoms with Crippen molar-refractivity contribution in [2.45, 2.75) is 12.3 Å². The molecule has 4 heteroatoms. The highest BCUT2D eigenvalue weighted by Crippen LogP contribution is 2.22. The Bertz CT molecular complexity index is 388. The summed E-state index contributed by atoms with van der Waals surface area (Å²) in [6.07, 6.45) is 0. The van der Waals surface area contributed by atoms with Crippen LogP contribution in [0, 0.1) is 0 Å². The van der Waals surface area contributed by atoms with Crippen molar-refractivity contribution in [3.8, 4) is 0 Å². The Kier molecular flexibility index (Phi) is 2.25. The molecule has 1 amide bonds. The lowest BCUT2D eigenvalue weighted by atomic mass is 10.3. The minimum Gasteiger partial charge on any atom is -0.270 e. The summed E-state index contributed by atoms with van der Waals surface area (Å²) in [6.45, 7) is 1.75. The van der Waals surface area contributed by atoms with E-state index >= 15 is 0 Å². The van der Waals surface area contributed by atoms with E-state index in [9.17, 15) is 4.79 Å². The molecule has 0 spiro atoms. The van der Waals surface area contributed by atoms with E-state index in [4.69, 9.17) is 11.6 Å². The van der Waals surface area contributed by atoms with Crippen LogP contribution < -0.4 is 5.01 Å². The number of benzene rings is 1. The number of carbonyl (C=O) groups excluding carboxylic acids is 1. The summed E-state index contributed by atoms with van der Waals surface area (Å²) >= 11 is 5.84. The molecule has 0 saturated heterocycles. The Hall–Kier alpha value is -1.35. The van der Waals surface area contributed by atoms with Gasteiger partial charge in [-0.25, -0.2) is 0 Å². The van der Waals surface area contributed by atoms with E-state index in [0.29, 0.717) is 5.71 Å². The van der Waals surface area contributed by atoms with E-state index in [1.54, 1.807) is 6.92 Å². The second-order valence-corrected chi connectivity index (χ2v) is 3.53. The van der Waals surface area contributed by atoms with Gasteiger partial charge >= 0.3 is 0 Å². The van der Waals surface area contributed by atoms with Gasteiger partial charge in [0, 0.05) is 0 Å². The summed E-state index contributed by atoms with van der Waals surface area (Å²) in [6, 6.07) is 9.25. The molecular formula is C10H9ClN2O. The molecule has 0 bridgehead atoms. The maximum Gasteiger partial charge on any atom is 0.271 e. The van der Waals surface area contributed by atoms with Crippen molar-refractivity contribution in [1.29, 1.82) is 0 Å². The average molecular weight is 209 g/mol. The summed E-state index contributed by atoms with van der Waals surface area (Å²) in [4.78, 5) is 11.6. The van der Waals surface area contributed by atoms with Crippen LogP contribution in [-0.2, 0) is 4.79 Å². The Morgan fingerprint density at radius 1 is 1.36 bits per heavy atom. The number of carbonyl (C=O) groups is 1. The fourth-order valence-electron chi connectivity index (χ4n) is 1.30. The fourth-order valence-corrected chi connectivity index (χ4v) is 1.43. The van der Waals surface area contributed by atoms with E-state index < -0.39 is 5.38 Å². The number of hydrogen-bond acceptors (Lipinski definition) is 2. The normalized spacial score (nSPS) is 21.3. The molecule has 0 saturated carbocycles. The van der Waals surface area contributed by atoms with E-state index in [0.717, 1.165) is 5.69 Å². The first-order valence-corrected chi connectivity index (χ1v) is 4.72. The first kappa shape index (κ1) is 9.21. The van der Waals surface area contributed by atoms with Crippen molar-refractivity contribution in [3.05, 3.63) is 30.3 Å². The molecular weight excluding hydrogens is 200 g/mol. The van der Waals surface area contributed by atoms with Gasteiger partial charge in [-0.15, -0.1) is 11.6 Å². The molecule has 1 aliphatic heterocycles. The molecule has 1 aromatic rings. The fraction of sp³-hybridized carbons (Fsp3) is 0.200. The number of hydrogen-bond donors (Lipinski definition) is 0. The summed E-state index contributed by atoms with van der Waals surface area (Å²) < 4.78 is 0. The number of amides is 1. The van der Waals surface area contributed by atoms with Crippen molar-refractivity contribution in [2.24, 2.45) is 5.10 Å². The van der Waals surface area contributed by atoms with Crippen LogP contribution in [0.15, 0.2) is 35.4 Å². The maximum absolute atomic E-state index is 11.6. The predicted octanol–water partition coefficient (Wildman–Crippen LogP) is 2.02. The zero-order valence-corrected chi connectivity index (χ0v) is 8.40. The third kappa shape index (κ3) is 1.40. The molecule has 0 N–H and O–H groups in total. The van der Waals surface area contributed by atoms with Gasteiger partial charge in [-0.2, -0.15) is 10.1 Å². The molecule has 1 aromatic carbocycles. The van der Waals surface area contributed by atoms with Crippen LogP contribution in [0.5, 0.6) is 0 Å². The van der Waals surface area contributed by atoms with Crippen molar-refractivity contribution in [1.82, 2.24) is 0 Å². The van der Waals surface area contributed by atoms with Crippen LogP contribution in [0.3, 0.4) is 0 Å². The van der Waals surface area contributed by atoms with Crippen molar-refractivity contribution >= 4 is 28.9 Å². The number of anilines is 1. The topological polar surface area (TPSA) is 32.7 Å². The van der Waals surface area contributed by atoms with Gasteiger partial charge in [-0.1, -0.05) is 18.2 Å². The van der Waals surface area contributed by atoms with Gasteiger partial charge in [0.1, 0.15) is 0 Å². The van der Waals surface area contributed by atoms with E-state index in [1.165, 1.54) is 5.01 Å².